The number of benzene rings is 2. The van der Waals surface area contributed by atoms with E-state index in [0.717, 1.165) is 12.0 Å². The number of carbonyl (C=O) groups excluding carboxylic acids is 4. The first kappa shape index (κ1) is 30.5. The Kier molecular flexibility index (Phi) is 10.3. The molecule has 0 aromatic heterocycles. The highest BCUT2D eigenvalue weighted by molar-refractivity contribution is 5.94. The molecule has 39 heavy (non-hydrogen) atoms. The molecule has 2 unspecified atom stereocenters. The van der Waals surface area contributed by atoms with E-state index in [4.69, 9.17) is 11.2 Å². The molecule has 0 aliphatic heterocycles. The molecule has 2 atom stereocenters. The third kappa shape index (κ3) is 8.67. The van der Waals surface area contributed by atoms with E-state index in [9.17, 15) is 29.4 Å². The lowest BCUT2D eigenvalue weighted by atomic mass is 9.98. The molecule has 0 aliphatic carbocycles. The predicted octanol–water partition coefficient (Wildman–Crippen LogP) is 2.29. The third-order valence-electron chi connectivity index (χ3n) is 5.45. The number of alkyl carbamates (subject to hydrolysis) is 1. The van der Waals surface area contributed by atoms with Crippen molar-refractivity contribution in [2.24, 2.45) is 0 Å². The molecular formula is C28H33N3O8. The molecule has 0 bridgehead atoms. The van der Waals surface area contributed by atoms with Crippen LogP contribution in [0.2, 0.25) is 0 Å². The van der Waals surface area contributed by atoms with Crippen molar-refractivity contribution in [2.75, 3.05) is 13.7 Å². The number of aryl methyl sites for hydroxylation is 1. The van der Waals surface area contributed by atoms with Crippen LogP contribution in [-0.4, -0.2) is 64.3 Å². The van der Waals surface area contributed by atoms with Gasteiger partial charge in [0.1, 0.15) is 29.7 Å². The van der Waals surface area contributed by atoms with Gasteiger partial charge in [-0.2, -0.15) is 0 Å². The van der Waals surface area contributed by atoms with Crippen LogP contribution in [-0.2, 0) is 30.3 Å². The number of terminal acetylenes is 1. The van der Waals surface area contributed by atoms with Crippen molar-refractivity contribution in [2.45, 2.75) is 51.8 Å². The highest BCUT2D eigenvalue weighted by Crippen LogP contribution is 2.32. The van der Waals surface area contributed by atoms with Gasteiger partial charge in [-0.05, 0) is 51.0 Å². The van der Waals surface area contributed by atoms with Crippen molar-refractivity contribution >= 4 is 23.9 Å². The van der Waals surface area contributed by atoms with Crippen molar-refractivity contribution < 1.29 is 38.9 Å². The smallest absolute Gasteiger partial charge is 0.408 e. The van der Waals surface area contributed by atoms with E-state index in [1.54, 1.807) is 52.0 Å². The van der Waals surface area contributed by atoms with Crippen LogP contribution < -0.4 is 10.6 Å². The Morgan fingerprint density at radius 1 is 1.08 bits per heavy atom. The summed E-state index contributed by atoms with van der Waals surface area (Å²) >= 11 is 0. The monoisotopic (exact) mass is 539 g/mol. The van der Waals surface area contributed by atoms with Gasteiger partial charge in [0.05, 0.1) is 7.11 Å². The van der Waals surface area contributed by atoms with Crippen molar-refractivity contribution in [3.05, 3.63) is 59.2 Å². The lowest BCUT2D eigenvalue weighted by Crippen LogP contribution is -2.52. The number of phenolic OH excluding ortho intramolecular Hbond substituents is 2. The summed E-state index contributed by atoms with van der Waals surface area (Å²) in [7, 11) is 1.14. The molecule has 0 spiro atoms. The lowest BCUT2D eigenvalue weighted by Gasteiger charge is -2.31. The van der Waals surface area contributed by atoms with E-state index >= 15 is 0 Å². The Morgan fingerprint density at radius 3 is 2.28 bits per heavy atom. The summed E-state index contributed by atoms with van der Waals surface area (Å²) in [5.41, 5.74) is 0.106. The second-order valence-electron chi connectivity index (χ2n) is 9.62. The molecule has 3 amide bonds. The number of nitrogens with one attached hydrogen (secondary N) is 2. The summed E-state index contributed by atoms with van der Waals surface area (Å²) < 4.78 is 9.87. The average molecular weight is 540 g/mol. The second kappa shape index (κ2) is 13.2. The van der Waals surface area contributed by atoms with E-state index in [0.29, 0.717) is 11.1 Å². The number of amides is 3. The summed E-state index contributed by atoms with van der Waals surface area (Å²) in [5, 5.41) is 25.2. The van der Waals surface area contributed by atoms with Gasteiger partial charge >= 0.3 is 12.1 Å². The Morgan fingerprint density at radius 2 is 1.72 bits per heavy atom. The second-order valence-corrected chi connectivity index (χ2v) is 9.62. The Balaban J connectivity index is 2.53. The van der Waals surface area contributed by atoms with Crippen LogP contribution in [0.25, 0.3) is 0 Å². The number of rotatable bonds is 9. The van der Waals surface area contributed by atoms with Crippen molar-refractivity contribution in [1.82, 2.24) is 15.5 Å². The highest BCUT2D eigenvalue weighted by Gasteiger charge is 2.37. The number of aromatic hydroxyl groups is 2. The molecule has 0 saturated carbocycles. The normalized spacial score (nSPS) is 12.3. The van der Waals surface area contributed by atoms with E-state index in [2.05, 4.69) is 21.4 Å². The van der Waals surface area contributed by atoms with Crippen molar-refractivity contribution in [3.63, 3.8) is 0 Å². The summed E-state index contributed by atoms with van der Waals surface area (Å²) in [6, 6.07) is 9.82. The summed E-state index contributed by atoms with van der Waals surface area (Å²) in [6.45, 7) is 6.04. The van der Waals surface area contributed by atoms with E-state index < -0.39 is 48.1 Å². The Hall–Kier alpha value is -4.72. The minimum absolute atomic E-state index is 0.00393. The first-order chi connectivity index (χ1) is 18.3. The first-order valence-corrected chi connectivity index (χ1v) is 12.0. The van der Waals surface area contributed by atoms with Crippen LogP contribution >= 0.6 is 0 Å². The molecule has 0 aliphatic rings. The third-order valence-corrected chi connectivity index (χ3v) is 5.45. The van der Waals surface area contributed by atoms with Crippen LogP contribution in [0.5, 0.6) is 11.5 Å². The Labute approximate surface area is 227 Å². The van der Waals surface area contributed by atoms with Gasteiger partial charge in [-0.25, -0.2) is 4.79 Å². The van der Waals surface area contributed by atoms with Crippen molar-refractivity contribution in [1.29, 1.82) is 0 Å². The maximum absolute atomic E-state index is 13.9. The standard InChI is InChI=1S/C28H33N3O8/c1-7-31(23(25(35)29-16-22(33)38-6)20-10-8-9-17(2)24(20)34)26(36)21(30-27(37)39-28(3,4)5)15-18-11-13-19(32)14-12-18/h1,8-14,21,23,32,34H,15-16H2,2-6H3,(H,29,35)(H,30,37). The molecule has 2 aromatic carbocycles. The molecule has 2 aromatic rings. The fraction of sp³-hybridized carbons (Fsp3) is 0.357. The summed E-state index contributed by atoms with van der Waals surface area (Å²) in [4.78, 5) is 52.2. The average Bonchev–Trinajstić information content (AvgIpc) is 2.87. The van der Waals surface area contributed by atoms with Crippen LogP contribution in [0.4, 0.5) is 4.79 Å². The van der Waals surface area contributed by atoms with Gasteiger partial charge < -0.3 is 30.3 Å². The zero-order valence-electron chi connectivity index (χ0n) is 22.5. The van der Waals surface area contributed by atoms with Gasteiger partial charge in [0, 0.05) is 18.0 Å². The fourth-order valence-electron chi connectivity index (χ4n) is 3.58. The summed E-state index contributed by atoms with van der Waals surface area (Å²) in [6.07, 6.45) is 4.75. The zero-order valence-corrected chi connectivity index (χ0v) is 22.5. The minimum Gasteiger partial charge on any atom is -0.508 e. The number of esters is 1. The maximum atomic E-state index is 13.9. The SMILES string of the molecule is C#CN(C(=O)C(Cc1ccc(O)cc1)NC(=O)OC(C)(C)C)C(C(=O)NCC(=O)OC)c1cccc(C)c1O. The minimum atomic E-state index is -1.57. The molecule has 4 N–H and O–H groups in total. The molecule has 2 rings (SSSR count). The van der Waals surface area contributed by atoms with Gasteiger partial charge in [0.2, 0.25) is 5.91 Å². The largest absolute Gasteiger partial charge is 0.508 e. The number of nitrogens with zero attached hydrogens (tertiary/aromatic N) is 1. The van der Waals surface area contributed by atoms with Gasteiger partial charge in [0.25, 0.3) is 5.91 Å². The van der Waals surface area contributed by atoms with E-state index in [1.807, 2.05) is 0 Å². The van der Waals surface area contributed by atoms with Crippen LogP contribution in [0.1, 0.15) is 43.5 Å². The molecule has 0 saturated heterocycles. The number of hydrogen-bond donors (Lipinski definition) is 4. The number of ether oxygens (including phenoxy) is 2. The van der Waals surface area contributed by atoms with Crippen molar-refractivity contribution in [3.8, 4) is 24.0 Å². The number of methoxy groups -OCH3 is 1. The first-order valence-electron chi connectivity index (χ1n) is 12.0. The van der Waals surface area contributed by atoms with Gasteiger partial charge in [-0.3, -0.25) is 19.3 Å². The maximum Gasteiger partial charge on any atom is 0.408 e. The molecule has 0 radical (unpaired) electrons. The van der Waals surface area contributed by atoms with E-state index in [1.165, 1.54) is 18.2 Å². The highest BCUT2D eigenvalue weighted by atomic mass is 16.6. The number of para-hydroxylation sites is 1. The predicted molar refractivity (Wildman–Crippen MR) is 141 cm³/mol. The molecule has 208 valence electrons. The number of phenols is 2. The fourth-order valence-corrected chi connectivity index (χ4v) is 3.58. The summed E-state index contributed by atoms with van der Waals surface area (Å²) in [5.74, 6) is -2.75. The molecular weight excluding hydrogens is 506 g/mol. The number of hydrogen-bond acceptors (Lipinski definition) is 8. The van der Waals surface area contributed by atoms with Gasteiger partial charge in [-0.15, -0.1) is 0 Å². The molecule has 0 fully saturated rings. The molecule has 0 heterocycles. The van der Waals surface area contributed by atoms with Gasteiger partial charge in [-0.1, -0.05) is 36.8 Å². The quantitative estimate of drug-likeness (QED) is 0.215. The van der Waals surface area contributed by atoms with Crippen LogP contribution in [0, 0.1) is 19.4 Å². The number of carbonyl (C=O) groups is 4. The van der Waals surface area contributed by atoms with E-state index in [-0.39, 0.29) is 23.5 Å². The molecule has 11 nitrogen and oxygen atoms in total. The molecule has 11 heteroatoms. The Bertz CT molecular complexity index is 1240. The van der Waals surface area contributed by atoms with Crippen LogP contribution in [0.3, 0.4) is 0 Å². The van der Waals surface area contributed by atoms with Crippen LogP contribution in [0.15, 0.2) is 42.5 Å². The lowest BCUT2D eigenvalue weighted by molar-refractivity contribution is -0.142. The topological polar surface area (TPSA) is 154 Å². The zero-order chi connectivity index (χ0) is 29.3. The van der Waals surface area contributed by atoms with Gasteiger partial charge in [0.15, 0.2) is 6.04 Å².